The van der Waals surface area contributed by atoms with Crippen LogP contribution in [0.2, 0.25) is 0 Å². The molecule has 1 aromatic heterocycles. The van der Waals surface area contributed by atoms with Crippen LogP contribution in [0.15, 0.2) is 18.2 Å². The molecule has 0 fully saturated rings. The molecule has 32 heavy (non-hydrogen) atoms. The predicted molar refractivity (Wildman–Crippen MR) is 135 cm³/mol. The first kappa shape index (κ1) is 24.1. The van der Waals surface area contributed by atoms with Crippen molar-refractivity contribution in [3.63, 3.8) is 0 Å². The van der Waals surface area contributed by atoms with E-state index in [0.717, 1.165) is 58.0 Å². The van der Waals surface area contributed by atoms with E-state index in [0.29, 0.717) is 17.2 Å². The number of nitrogens with zero attached hydrogens (tertiary/aromatic N) is 3. The minimum Gasteiger partial charge on any atom is -0.398 e. The Kier molecular flexibility index (Phi) is 8.56. The van der Waals surface area contributed by atoms with Crippen molar-refractivity contribution in [3.05, 3.63) is 51.8 Å². The van der Waals surface area contributed by atoms with Crippen molar-refractivity contribution in [1.29, 1.82) is 5.26 Å². The molecule has 172 valence electrons. The number of fused-ring (bicyclic) bond motifs is 1. The van der Waals surface area contributed by atoms with Crippen LogP contribution in [-0.4, -0.2) is 18.1 Å². The van der Waals surface area contributed by atoms with Gasteiger partial charge in [-0.2, -0.15) is 5.26 Å². The number of nitriles is 1. The maximum absolute atomic E-state index is 9.91. The summed E-state index contributed by atoms with van der Waals surface area (Å²) in [6, 6.07) is 8.81. The first-order valence-corrected chi connectivity index (χ1v) is 12.7. The second-order valence-electron chi connectivity index (χ2n) is 9.16. The quantitative estimate of drug-likeness (QED) is 0.445. The molecule has 2 aromatic rings. The van der Waals surface area contributed by atoms with Gasteiger partial charge in [0, 0.05) is 35.9 Å². The molecule has 1 aromatic carbocycles. The molecule has 0 saturated heterocycles. The van der Waals surface area contributed by atoms with Gasteiger partial charge in [-0.1, -0.05) is 46.6 Å². The van der Waals surface area contributed by atoms with Crippen LogP contribution in [-0.2, 0) is 25.7 Å². The highest BCUT2D eigenvalue weighted by atomic mass is 15.1. The first-order valence-electron chi connectivity index (χ1n) is 12.7. The van der Waals surface area contributed by atoms with E-state index in [1.165, 1.54) is 46.6 Å². The summed E-state index contributed by atoms with van der Waals surface area (Å²) in [5.74, 6) is 0.310. The van der Waals surface area contributed by atoms with E-state index in [4.69, 9.17) is 10.7 Å². The molecule has 1 aliphatic rings. The van der Waals surface area contributed by atoms with Crippen LogP contribution in [0.25, 0.3) is 0 Å². The number of aromatic nitrogens is 1. The van der Waals surface area contributed by atoms with E-state index >= 15 is 0 Å². The van der Waals surface area contributed by atoms with Gasteiger partial charge in [0.15, 0.2) is 0 Å². The monoisotopic (exact) mass is 432 g/mol. The zero-order valence-electron chi connectivity index (χ0n) is 20.5. The van der Waals surface area contributed by atoms with Gasteiger partial charge in [-0.25, -0.2) is 0 Å². The van der Waals surface area contributed by atoms with E-state index in [9.17, 15) is 5.26 Å². The molecule has 1 unspecified atom stereocenters. The summed E-state index contributed by atoms with van der Waals surface area (Å²) in [6.45, 7) is 11.1. The smallest absolute Gasteiger partial charge is 0.102 e. The summed E-state index contributed by atoms with van der Waals surface area (Å²) in [7, 11) is 0. The average Bonchev–Trinajstić information content (AvgIpc) is 2.81. The van der Waals surface area contributed by atoms with E-state index in [1.807, 2.05) is 6.07 Å². The van der Waals surface area contributed by atoms with Crippen LogP contribution in [0.3, 0.4) is 0 Å². The van der Waals surface area contributed by atoms with Crippen molar-refractivity contribution in [2.45, 2.75) is 91.4 Å². The number of pyridine rings is 1. The molecule has 1 heterocycles. The van der Waals surface area contributed by atoms with Crippen molar-refractivity contribution in [3.8, 4) is 6.07 Å². The third-order valence-corrected chi connectivity index (χ3v) is 6.81. The molecule has 0 saturated carbocycles. The van der Waals surface area contributed by atoms with Crippen LogP contribution < -0.4 is 10.6 Å². The lowest BCUT2D eigenvalue weighted by Gasteiger charge is -2.33. The summed E-state index contributed by atoms with van der Waals surface area (Å²) in [5, 5.41) is 9.91. The van der Waals surface area contributed by atoms with Gasteiger partial charge in [0.2, 0.25) is 0 Å². The number of anilines is 2. The highest BCUT2D eigenvalue weighted by Gasteiger charge is 2.29. The van der Waals surface area contributed by atoms with E-state index in [2.05, 4.69) is 50.8 Å². The fourth-order valence-corrected chi connectivity index (χ4v) is 5.20. The standard InChI is InChI=1S/C28H40N4/c1-5-9-16-32(15-7-3)27-18-22(8-4)31-26-17-21(11-13-23(26)27)28-20(10-6-2)12-14-25(30)24(28)19-29/h12,14,18,21H,5-11,13,15-17,30H2,1-4H3. The fraction of sp³-hybridized carbons (Fsp3) is 0.571. The molecule has 0 radical (unpaired) electrons. The van der Waals surface area contributed by atoms with Crippen LogP contribution in [0, 0.1) is 11.3 Å². The van der Waals surface area contributed by atoms with Crippen molar-refractivity contribution in [2.75, 3.05) is 23.7 Å². The second kappa shape index (κ2) is 11.4. The Balaban J connectivity index is 2.04. The van der Waals surface area contributed by atoms with Gasteiger partial charge in [-0.3, -0.25) is 4.98 Å². The van der Waals surface area contributed by atoms with Crippen LogP contribution in [0.5, 0.6) is 0 Å². The third kappa shape index (κ3) is 5.09. The molecule has 0 aliphatic heterocycles. The highest BCUT2D eigenvalue weighted by Crippen LogP contribution is 2.40. The molecule has 0 amide bonds. The summed E-state index contributed by atoms with van der Waals surface area (Å²) < 4.78 is 0. The lowest BCUT2D eigenvalue weighted by molar-refractivity contribution is 0.562. The highest BCUT2D eigenvalue weighted by molar-refractivity contribution is 5.63. The Bertz CT molecular complexity index is 957. The maximum Gasteiger partial charge on any atom is 0.102 e. The molecule has 0 bridgehead atoms. The topological polar surface area (TPSA) is 65.9 Å². The zero-order chi connectivity index (χ0) is 23.1. The van der Waals surface area contributed by atoms with Crippen LogP contribution in [0.4, 0.5) is 11.4 Å². The molecule has 1 atom stereocenters. The molecule has 3 rings (SSSR count). The minimum atomic E-state index is 0.310. The van der Waals surface area contributed by atoms with Crippen molar-refractivity contribution < 1.29 is 0 Å². The van der Waals surface area contributed by atoms with Crippen LogP contribution >= 0.6 is 0 Å². The van der Waals surface area contributed by atoms with Gasteiger partial charge < -0.3 is 10.6 Å². The lowest BCUT2D eigenvalue weighted by Crippen LogP contribution is -2.29. The minimum absolute atomic E-state index is 0.310. The van der Waals surface area contributed by atoms with Gasteiger partial charge >= 0.3 is 0 Å². The molecule has 1 aliphatic carbocycles. The van der Waals surface area contributed by atoms with Gasteiger partial charge in [-0.05, 0) is 79.7 Å². The van der Waals surface area contributed by atoms with Gasteiger partial charge in [0.05, 0.1) is 5.56 Å². The van der Waals surface area contributed by atoms with Gasteiger partial charge in [0.25, 0.3) is 0 Å². The van der Waals surface area contributed by atoms with Crippen molar-refractivity contribution in [2.24, 2.45) is 0 Å². The summed E-state index contributed by atoms with van der Waals surface area (Å²) >= 11 is 0. The Morgan fingerprint density at radius 3 is 2.59 bits per heavy atom. The van der Waals surface area contributed by atoms with Gasteiger partial charge in [0.1, 0.15) is 6.07 Å². The maximum atomic E-state index is 9.91. The zero-order valence-corrected chi connectivity index (χ0v) is 20.5. The summed E-state index contributed by atoms with van der Waals surface area (Å²) in [5.41, 5.74) is 15.3. The Morgan fingerprint density at radius 2 is 1.94 bits per heavy atom. The molecular weight excluding hydrogens is 392 g/mol. The van der Waals surface area contributed by atoms with E-state index in [1.54, 1.807) is 0 Å². The Hall–Kier alpha value is -2.54. The number of benzene rings is 1. The number of hydrogen-bond acceptors (Lipinski definition) is 4. The fourth-order valence-electron chi connectivity index (χ4n) is 5.20. The number of hydrogen-bond donors (Lipinski definition) is 1. The Labute approximate surface area is 194 Å². The summed E-state index contributed by atoms with van der Waals surface area (Å²) in [6.07, 6.45) is 9.55. The molecule has 2 N–H and O–H groups in total. The largest absolute Gasteiger partial charge is 0.398 e. The normalized spacial score (nSPS) is 15.3. The molecular formula is C28H40N4. The summed E-state index contributed by atoms with van der Waals surface area (Å²) in [4.78, 5) is 7.69. The van der Waals surface area contributed by atoms with E-state index < -0.39 is 0 Å². The Morgan fingerprint density at radius 1 is 1.12 bits per heavy atom. The van der Waals surface area contributed by atoms with Crippen molar-refractivity contribution >= 4 is 11.4 Å². The number of aryl methyl sites for hydroxylation is 2. The molecule has 4 heteroatoms. The third-order valence-electron chi connectivity index (χ3n) is 6.81. The lowest BCUT2D eigenvalue weighted by atomic mass is 9.77. The second-order valence-corrected chi connectivity index (χ2v) is 9.16. The molecule has 0 spiro atoms. The average molecular weight is 433 g/mol. The molecule has 4 nitrogen and oxygen atoms in total. The number of nitrogens with two attached hydrogens (primary N) is 1. The van der Waals surface area contributed by atoms with E-state index in [-0.39, 0.29) is 0 Å². The van der Waals surface area contributed by atoms with Crippen LogP contribution in [0.1, 0.15) is 99.4 Å². The number of nitrogen functional groups attached to an aromatic ring is 1. The first-order chi connectivity index (χ1) is 15.6. The number of unbranched alkanes of at least 4 members (excludes halogenated alkanes) is 1. The SMILES string of the molecule is CCCCN(CCC)c1cc(CC)nc2c1CCC(c1c(CCC)ccc(N)c1C#N)C2. The van der Waals surface area contributed by atoms with Gasteiger partial charge in [-0.15, -0.1) is 0 Å². The predicted octanol–water partition coefficient (Wildman–Crippen LogP) is 6.34. The van der Waals surface area contributed by atoms with Crippen molar-refractivity contribution in [1.82, 2.24) is 4.98 Å². The number of rotatable bonds is 10.